The van der Waals surface area contributed by atoms with Gasteiger partial charge in [-0.1, -0.05) is 24.3 Å². The standard InChI is InChI=1S/C16H10F3N3O/c1-9-5-4-8-12-13(9)14(15(23)16(17,18)19)22-20-10-6-2-3-7-11(10)21(12)22/h2-8H,1H3/p+1. The van der Waals surface area contributed by atoms with E-state index in [1.54, 1.807) is 53.9 Å². The number of aromatic nitrogens is 3. The number of nitrogens with zero attached hydrogens (tertiary/aromatic N) is 2. The first kappa shape index (κ1) is 13.8. The van der Waals surface area contributed by atoms with Crippen LogP contribution in [0.3, 0.4) is 0 Å². The molecule has 1 N–H and O–H groups in total. The van der Waals surface area contributed by atoms with Crippen molar-refractivity contribution in [1.82, 2.24) is 9.73 Å². The third-order valence-electron chi connectivity index (χ3n) is 3.96. The van der Waals surface area contributed by atoms with Crippen molar-refractivity contribution in [2.45, 2.75) is 13.1 Å². The summed E-state index contributed by atoms with van der Waals surface area (Å²) in [6, 6.07) is 12.3. The molecule has 116 valence electrons. The van der Waals surface area contributed by atoms with Crippen molar-refractivity contribution in [3.63, 3.8) is 0 Å². The summed E-state index contributed by atoms with van der Waals surface area (Å²) in [5, 5.41) is 3.18. The number of carbonyl (C=O) groups is 1. The van der Waals surface area contributed by atoms with E-state index in [9.17, 15) is 18.0 Å². The maximum atomic E-state index is 13.1. The zero-order chi connectivity index (χ0) is 16.4. The van der Waals surface area contributed by atoms with Crippen LogP contribution in [0.5, 0.6) is 0 Å². The first-order valence-corrected chi connectivity index (χ1v) is 6.94. The number of hydrogen-bond donors (Lipinski definition) is 1. The van der Waals surface area contributed by atoms with Gasteiger partial charge in [-0.25, -0.2) is 0 Å². The van der Waals surface area contributed by atoms with Gasteiger partial charge in [-0.2, -0.15) is 18.3 Å². The van der Waals surface area contributed by atoms with Crippen molar-refractivity contribution >= 4 is 27.7 Å². The molecular formula is C16H11F3N3O+. The minimum Gasteiger partial charge on any atom is -0.282 e. The number of H-pyrrole nitrogens is 1. The molecule has 0 radical (unpaired) electrons. The third kappa shape index (κ3) is 1.79. The van der Waals surface area contributed by atoms with Gasteiger partial charge in [0, 0.05) is 0 Å². The second kappa shape index (κ2) is 4.34. The minimum absolute atomic E-state index is 0.303. The lowest BCUT2D eigenvalue weighted by Crippen LogP contribution is -2.31. The number of aromatic amines is 1. The van der Waals surface area contributed by atoms with Gasteiger partial charge < -0.3 is 0 Å². The molecule has 0 saturated heterocycles. The van der Waals surface area contributed by atoms with Gasteiger partial charge in [-0.15, -0.1) is 4.52 Å². The molecule has 0 aliphatic heterocycles. The Morgan fingerprint density at radius 3 is 2.52 bits per heavy atom. The third-order valence-corrected chi connectivity index (χ3v) is 3.96. The Kier molecular flexibility index (Phi) is 2.61. The molecular weight excluding hydrogens is 307 g/mol. The molecule has 4 rings (SSSR count). The molecule has 4 nitrogen and oxygen atoms in total. The molecule has 0 bridgehead atoms. The quantitative estimate of drug-likeness (QED) is 0.425. The number of ketones is 1. The summed E-state index contributed by atoms with van der Waals surface area (Å²) in [6.07, 6.45) is -4.94. The van der Waals surface area contributed by atoms with E-state index in [1.165, 1.54) is 4.63 Å². The number of halogens is 3. The van der Waals surface area contributed by atoms with E-state index < -0.39 is 17.7 Å². The summed E-state index contributed by atoms with van der Waals surface area (Å²) in [6.45, 7) is 1.69. The van der Waals surface area contributed by atoms with Crippen LogP contribution in [-0.2, 0) is 0 Å². The van der Waals surface area contributed by atoms with Gasteiger partial charge in [0.05, 0.1) is 5.39 Å². The minimum atomic E-state index is -4.94. The number of aryl methyl sites for hydroxylation is 1. The van der Waals surface area contributed by atoms with E-state index in [-0.39, 0.29) is 0 Å². The molecule has 0 unspecified atom stereocenters. The van der Waals surface area contributed by atoms with Crippen LogP contribution in [0.25, 0.3) is 21.9 Å². The Labute approximate surface area is 127 Å². The summed E-state index contributed by atoms with van der Waals surface area (Å²) in [5.74, 6) is -1.86. The first-order valence-electron chi connectivity index (χ1n) is 6.94. The zero-order valence-electron chi connectivity index (χ0n) is 12.0. The summed E-state index contributed by atoms with van der Waals surface area (Å²) in [4.78, 5) is 12.0. The molecule has 2 aromatic carbocycles. The Hall–Kier alpha value is -2.83. The summed E-state index contributed by atoms with van der Waals surface area (Å²) in [5.41, 5.74) is 2.11. The molecule has 0 aliphatic rings. The van der Waals surface area contributed by atoms with Crippen molar-refractivity contribution in [1.29, 1.82) is 0 Å². The molecule has 4 aromatic rings. The second-order valence-corrected chi connectivity index (χ2v) is 5.40. The first-order chi connectivity index (χ1) is 10.9. The monoisotopic (exact) mass is 318 g/mol. The van der Waals surface area contributed by atoms with E-state index >= 15 is 0 Å². The van der Waals surface area contributed by atoms with Crippen molar-refractivity contribution in [3.8, 4) is 0 Å². The Bertz CT molecular complexity index is 1090. The maximum absolute atomic E-state index is 13.1. The van der Waals surface area contributed by atoms with Gasteiger partial charge >= 0.3 is 6.18 Å². The second-order valence-electron chi connectivity index (χ2n) is 5.40. The smallest absolute Gasteiger partial charge is 0.282 e. The highest BCUT2D eigenvalue weighted by Crippen LogP contribution is 2.28. The van der Waals surface area contributed by atoms with E-state index in [0.717, 1.165) is 0 Å². The number of Topliss-reactive ketones (excluding diaryl/α,β-unsaturated/α-hetero) is 1. The van der Waals surface area contributed by atoms with Crippen LogP contribution in [0.15, 0.2) is 42.5 Å². The molecule has 0 aliphatic carbocycles. The van der Waals surface area contributed by atoms with E-state index in [1.807, 2.05) is 0 Å². The van der Waals surface area contributed by atoms with Crippen molar-refractivity contribution in [2.75, 3.05) is 0 Å². The van der Waals surface area contributed by atoms with Gasteiger partial charge in [0.1, 0.15) is 0 Å². The molecule has 0 fully saturated rings. The molecule has 23 heavy (non-hydrogen) atoms. The lowest BCUT2D eigenvalue weighted by molar-refractivity contribution is -0.566. The Morgan fingerprint density at radius 2 is 1.78 bits per heavy atom. The van der Waals surface area contributed by atoms with Crippen molar-refractivity contribution < 1.29 is 22.5 Å². The zero-order valence-corrected chi connectivity index (χ0v) is 12.0. The van der Waals surface area contributed by atoms with Gasteiger partial charge in [0.15, 0.2) is 16.7 Å². The topological polar surface area (TPSA) is 41.4 Å². The predicted molar refractivity (Wildman–Crippen MR) is 77.5 cm³/mol. The SMILES string of the molecule is Cc1cccc2c1c(C(=O)C(F)(F)F)n1[nH]c3ccccc3[n+]21. The van der Waals surface area contributed by atoms with E-state index in [0.29, 0.717) is 27.5 Å². The highest BCUT2D eigenvalue weighted by Gasteiger charge is 2.44. The highest BCUT2D eigenvalue weighted by molar-refractivity contribution is 6.09. The number of hydrogen-bond acceptors (Lipinski definition) is 1. The van der Waals surface area contributed by atoms with Crippen LogP contribution in [0.2, 0.25) is 0 Å². The maximum Gasteiger partial charge on any atom is 0.456 e. The Balaban J connectivity index is 2.28. The van der Waals surface area contributed by atoms with Crippen molar-refractivity contribution in [2.24, 2.45) is 0 Å². The van der Waals surface area contributed by atoms with E-state index in [2.05, 4.69) is 5.10 Å². The molecule has 2 heterocycles. The number of benzene rings is 2. The van der Waals surface area contributed by atoms with Crippen LogP contribution >= 0.6 is 0 Å². The number of nitrogens with one attached hydrogen (secondary N) is 1. The summed E-state index contributed by atoms with van der Waals surface area (Å²) >= 11 is 0. The average Bonchev–Trinajstić information content (AvgIpc) is 3.01. The molecule has 2 aromatic heterocycles. The number of carbonyl (C=O) groups excluding carboxylic acids is 1. The van der Waals surface area contributed by atoms with Crippen LogP contribution in [0.1, 0.15) is 16.1 Å². The lowest BCUT2D eigenvalue weighted by atomic mass is 10.1. The highest BCUT2D eigenvalue weighted by atomic mass is 19.4. The summed E-state index contributed by atoms with van der Waals surface area (Å²) in [7, 11) is 0. The van der Waals surface area contributed by atoms with Gasteiger partial charge in [-0.3, -0.25) is 4.79 Å². The number of para-hydroxylation sites is 2. The molecule has 0 saturated carbocycles. The molecule has 0 spiro atoms. The fraction of sp³-hybridized carbons (Fsp3) is 0.125. The van der Waals surface area contributed by atoms with Gasteiger partial charge in [0.25, 0.3) is 5.78 Å². The van der Waals surface area contributed by atoms with Gasteiger partial charge in [0.2, 0.25) is 5.52 Å². The fourth-order valence-corrected chi connectivity index (χ4v) is 3.00. The fourth-order valence-electron chi connectivity index (χ4n) is 3.00. The summed E-state index contributed by atoms with van der Waals surface area (Å²) < 4.78 is 42.0. The number of rotatable bonds is 1. The van der Waals surface area contributed by atoms with Crippen LogP contribution < -0.4 is 4.52 Å². The number of fused-ring (bicyclic) bond motifs is 5. The molecule has 0 amide bonds. The average molecular weight is 318 g/mol. The van der Waals surface area contributed by atoms with Gasteiger partial charge in [-0.05, 0) is 35.3 Å². The van der Waals surface area contributed by atoms with Crippen LogP contribution in [0, 0.1) is 6.92 Å². The normalized spacial score (nSPS) is 12.5. The predicted octanol–water partition coefficient (Wildman–Crippen LogP) is 3.21. The molecule has 0 atom stereocenters. The van der Waals surface area contributed by atoms with Crippen LogP contribution in [0.4, 0.5) is 13.2 Å². The Morgan fingerprint density at radius 1 is 1.09 bits per heavy atom. The lowest BCUT2D eigenvalue weighted by Gasteiger charge is -2.03. The van der Waals surface area contributed by atoms with Crippen molar-refractivity contribution in [3.05, 3.63) is 53.7 Å². The van der Waals surface area contributed by atoms with Crippen LogP contribution in [-0.4, -0.2) is 21.7 Å². The number of alkyl halides is 3. The van der Waals surface area contributed by atoms with E-state index in [4.69, 9.17) is 0 Å². The largest absolute Gasteiger partial charge is 0.456 e. The molecule has 7 heteroatoms.